The van der Waals surface area contributed by atoms with Gasteiger partial charge in [0.2, 0.25) is 11.8 Å². The van der Waals surface area contributed by atoms with Gasteiger partial charge in [0.1, 0.15) is 18.1 Å². The molecular formula is C26H22ClN5O3S. The zero-order valence-electron chi connectivity index (χ0n) is 19.6. The smallest absolute Gasteiger partial charge is 0.247 e. The zero-order chi connectivity index (χ0) is 24.9. The molecule has 0 bridgehead atoms. The highest BCUT2D eigenvalue weighted by Crippen LogP contribution is 2.29. The Bertz CT molecular complexity index is 1450. The lowest BCUT2D eigenvalue weighted by atomic mass is 10.2. The van der Waals surface area contributed by atoms with Gasteiger partial charge in [-0.1, -0.05) is 47.6 Å². The van der Waals surface area contributed by atoms with E-state index in [-0.39, 0.29) is 6.61 Å². The van der Waals surface area contributed by atoms with E-state index >= 15 is 0 Å². The molecule has 0 unspecified atom stereocenters. The van der Waals surface area contributed by atoms with Crippen LogP contribution in [0.4, 0.5) is 0 Å². The maximum Gasteiger partial charge on any atom is 0.247 e. The average molecular weight is 520 g/mol. The number of aromatic nitrogens is 5. The Morgan fingerprint density at radius 2 is 1.69 bits per heavy atom. The number of benzene rings is 3. The highest BCUT2D eigenvalue weighted by molar-refractivity contribution is 7.98. The van der Waals surface area contributed by atoms with Crippen LogP contribution in [0.2, 0.25) is 5.02 Å². The van der Waals surface area contributed by atoms with Crippen molar-refractivity contribution in [3.8, 4) is 28.6 Å². The number of aryl methyl sites for hydroxylation is 1. The molecule has 0 N–H and O–H groups in total. The summed E-state index contributed by atoms with van der Waals surface area (Å²) in [4.78, 5) is 0. The van der Waals surface area contributed by atoms with Gasteiger partial charge < -0.3 is 13.9 Å². The number of rotatable bonds is 9. The van der Waals surface area contributed by atoms with Crippen LogP contribution in [0.1, 0.15) is 17.3 Å². The number of ether oxygens (including phenoxy) is 2. The van der Waals surface area contributed by atoms with E-state index in [1.807, 2.05) is 84.3 Å². The summed E-state index contributed by atoms with van der Waals surface area (Å²) in [6, 6.07) is 22.9. The summed E-state index contributed by atoms with van der Waals surface area (Å²) in [5.41, 5.74) is 2.69. The molecule has 0 saturated heterocycles. The summed E-state index contributed by atoms with van der Waals surface area (Å²) in [6.07, 6.45) is 0. The second kappa shape index (κ2) is 10.8. The first-order valence-corrected chi connectivity index (χ1v) is 12.5. The van der Waals surface area contributed by atoms with Crippen molar-refractivity contribution < 1.29 is 13.9 Å². The summed E-state index contributed by atoms with van der Waals surface area (Å²) in [5, 5.41) is 18.5. The number of hydrogen-bond donors (Lipinski definition) is 0. The quantitative estimate of drug-likeness (QED) is 0.214. The van der Waals surface area contributed by atoms with Gasteiger partial charge in [-0.25, -0.2) is 0 Å². The van der Waals surface area contributed by atoms with Crippen LogP contribution in [0.25, 0.3) is 17.1 Å². The van der Waals surface area contributed by atoms with Gasteiger partial charge in [0.25, 0.3) is 0 Å². The average Bonchev–Trinajstić information content (AvgIpc) is 3.56. The summed E-state index contributed by atoms with van der Waals surface area (Å²) < 4.78 is 19.0. The molecule has 182 valence electrons. The van der Waals surface area contributed by atoms with E-state index in [9.17, 15) is 0 Å². The molecule has 0 atom stereocenters. The number of methoxy groups -OCH3 is 1. The Morgan fingerprint density at radius 1 is 0.917 bits per heavy atom. The lowest BCUT2D eigenvalue weighted by Crippen LogP contribution is -2.07. The molecule has 0 aliphatic rings. The number of nitrogens with zero attached hydrogens (tertiary/aromatic N) is 5. The van der Waals surface area contributed by atoms with Crippen molar-refractivity contribution in [2.75, 3.05) is 7.11 Å². The van der Waals surface area contributed by atoms with Gasteiger partial charge in [-0.3, -0.25) is 4.57 Å². The Labute approximate surface area is 217 Å². The highest BCUT2D eigenvalue weighted by atomic mass is 35.5. The first kappa shape index (κ1) is 23.9. The SMILES string of the molecule is COc1ccc(OCc2nnc(SCc3nnc(-c4ccccc4)o3)n2-c2ccc(C)c(Cl)c2)cc1. The van der Waals surface area contributed by atoms with Gasteiger partial charge >= 0.3 is 0 Å². The standard InChI is InChI=1S/C26H22ClN5O3S/c1-17-8-9-19(14-22(17)27)32-23(15-34-21-12-10-20(33-2)11-13-21)28-31-26(32)36-16-24-29-30-25(35-24)18-6-4-3-5-7-18/h3-14H,15-16H2,1-2H3. The van der Waals surface area contributed by atoms with Crippen molar-refractivity contribution in [1.29, 1.82) is 0 Å². The fraction of sp³-hybridized carbons (Fsp3) is 0.154. The molecule has 3 aromatic carbocycles. The predicted octanol–water partition coefficient (Wildman–Crippen LogP) is 6.16. The van der Waals surface area contributed by atoms with Gasteiger partial charge in [0.05, 0.1) is 18.6 Å². The molecular weight excluding hydrogens is 498 g/mol. The molecule has 0 fully saturated rings. The predicted molar refractivity (Wildman–Crippen MR) is 138 cm³/mol. The van der Waals surface area contributed by atoms with E-state index in [0.29, 0.717) is 39.3 Å². The largest absolute Gasteiger partial charge is 0.497 e. The lowest BCUT2D eigenvalue weighted by molar-refractivity contribution is 0.292. The van der Waals surface area contributed by atoms with E-state index in [1.54, 1.807) is 7.11 Å². The van der Waals surface area contributed by atoms with E-state index in [4.69, 9.17) is 25.5 Å². The van der Waals surface area contributed by atoms with Crippen LogP contribution in [0.3, 0.4) is 0 Å². The second-order valence-corrected chi connectivity index (χ2v) is 9.14. The van der Waals surface area contributed by atoms with Crippen molar-refractivity contribution in [3.63, 3.8) is 0 Å². The molecule has 5 rings (SSSR count). The summed E-state index contributed by atoms with van der Waals surface area (Å²) in [6.45, 7) is 2.17. The Balaban J connectivity index is 1.38. The third-order valence-corrected chi connectivity index (χ3v) is 6.67. The molecule has 5 aromatic rings. The number of hydrogen-bond acceptors (Lipinski definition) is 8. The third-order valence-electron chi connectivity index (χ3n) is 5.35. The normalized spacial score (nSPS) is 11.0. The highest BCUT2D eigenvalue weighted by Gasteiger charge is 2.18. The molecule has 0 spiro atoms. The molecule has 8 nitrogen and oxygen atoms in total. The van der Waals surface area contributed by atoms with Crippen LogP contribution in [0.15, 0.2) is 82.4 Å². The van der Waals surface area contributed by atoms with E-state index in [1.165, 1.54) is 11.8 Å². The fourth-order valence-corrected chi connectivity index (χ4v) is 4.41. The van der Waals surface area contributed by atoms with E-state index < -0.39 is 0 Å². The molecule has 10 heteroatoms. The third kappa shape index (κ3) is 5.37. The van der Waals surface area contributed by atoms with Crippen LogP contribution in [0.5, 0.6) is 11.5 Å². The summed E-state index contributed by atoms with van der Waals surface area (Å²) in [7, 11) is 1.63. The lowest BCUT2D eigenvalue weighted by Gasteiger charge is -2.12. The van der Waals surface area contributed by atoms with Crippen molar-refractivity contribution in [2.24, 2.45) is 0 Å². The van der Waals surface area contributed by atoms with Gasteiger partial charge in [-0.15, -0.1) is 20.4 Å². The summed E-state index contributed by atoms with van der Waals surface area (Å²) >= 11 is 7.87. The second-order valence-electron chi connectivity index (χ2n) is 7.79. The summed E-state index contributed by atoms with van der Waals surface area (Å²) in [5.74, 6) is 3.48. The Hall–Kier alpha value is -3.82. The molecule has 0 aliphatic carbocycles. The van der Waals surface area contributed by atoms with Crippen molar-refractivity contribution in [1.82, 2.24) is 25.0 Å². The maximum absolute atomic E-state index is 6.43. The first-order valence-electron chi connectivity index (χ1n) is 11.1. The van der Waals surface area contributed by atoms with Gasteiger partial charge in [-0.2, -0.15) is 0 Å². The van der Waals surface area contributed by atoms with Crippen LogP contribution < -0.4 is 9.47 Å². The molecule has 36 heavy (non-hydrogen) atoms. The fourth-order valence-electron chi connectivity index (χ4n) is 3.42. The molecule has 2 heterocycles. The van der Waals surface area contributed by atoms with Crippen LogP contribution in [0, 0.1) is 6.92 Å². The zero-order valence-corrected chi connectivity index (χ0v) is 21.2. The van der Waals surface area contributed by atoms with Gasteiger partial charge in [0.15, 0.2) is 11.0 Å². The minimum Gasteiger partial charge on any atom is -0.497 e. The molecule has 0 radical (unpaired) electrons. The number of halogens is 1. The van der Waals surface area contributed by atoms with Crippen LogP contribution >= 0.6 is 23.4 Å². The number of thioether (sulfide) groups is 1. The molecule has 0 saturated carbocycles. The van der Waals surface area contributed by atoms with Crippen LogP contribution in [-0.2, 0) is 12.4 Å². The van der Waals surface area contributed by atoms with Crippen molar-refractivity contribution >= 4 is 23.4 Å². The van der Waals surface area contributed by atoms with E-state index in [2.05, 4.69) is 20.4 Å². The Morgan fingerprint density at radius 3 is 2.44 bits per heavy atom. The minimum atomic E-state index is 0.212. The van der Waals surface area contributed by atoms with Crippen molar-refractivity contribution in [3.05, 3.63) is 95.1 Å². The molecule has 0 amide bonds. The topological polar surface area (TPSA) is 88.1 Å². The Kier molecular flexibility index (Phi) is 7.20. The van der Waals surface area contributed by atoms with E-state index in [0.717, 1.165) is 22.6 Å². The monoisotopic (exact) mass is 519 g/mol. The maximum atomic E-state index is 6.43. The molecule has 2 aromatic heterocycles. The van der Waals surface area contributed by atoms with Gasteiger partial charge in [-0.05, 0) is 61.0 Å². The van der Waals surface area contributed by atoms with Gasteiger partial charge in [0, 0.05) is 10.6 Å². The first-order chi connectivity index (χ1) is 17.6. The van der Waals surface area contributed by atoms with Crippen LogP contribution in [-0.4, -0.2) is 32.1 Å². The molecule has 0 aliphatic heterocycles. The minimum absolute atomic E-state index is 0.212. The van der Waals surface area contributed by atoms with Crippen molar-refractivity contribution in [2.45, 2.75) is 24.4 Å².